The molecular weight excluding hydrogens is 991 g/mol. The number of amides is 3. The van der Waals surface area contributed by atoms with Crippen molar-refractivity contribution in [2.75, 3.05) is 31.6 Å². The van der Waals surface area contributed by atoms with E-state index in [0.29, 0.717) is 29.1 Å². The van der Waals surface area contributed by atoms with Crippen LogP contribution in [-0.2, 0) is 19.1 Å². The fourth-order valence-electron chi connectivity index (χ4n) is 10.3. The predicted molar refractivity (Wildman–Crippen MR) is 288 cm³/mol. The molecule has 0 radical (unpaired) electrons. The van der Waals surface area contributed by atoms with Crippen LogP contribution in [0.5, 0.6) is 5.75 Å². The lowest BCUT2D eigenvalue weighted by atomic mass is 9.85. The third kappa shape index (κ3) is 10.2. The summed E-state index contributed by atoms with van der Waals surface area (Å²) in [6.45, 7) is 16.9. The molecule has 7 aromatic rings. The minimum absolute atomic E-state index is 0.0215. The number of methoxy groups -OCH3 is 1. The Labute approximate surface area is 443 Å². The third-order valence-corrected chi connectivity index (χ3v) is 16.7. The highest BCUT2D eigenvalue weighted by molar-refractivity contribution is 7.15. The molecule has 19 heteroatoms. The van der Waals surface area contributed by atoms with Gasteiger partial charge in [-0.25, -0.2) is 4.98 Å². The zero-order valence-electron chi connectivity index (χ0n) is 43.5. The Hall–Kier alpha value is -7.22. The zero-order chi connectivity index (χ0) is 53.0. The number of hydrogen-bond donors (Lipinski definition) is 3. The first-order valence-corrected chi connectivity index (χ1v) is 26.9. The summed E-state index contributed by atoms with van der Waals surface area (Å²) < 4.78 is 19.6. The number of β-amino-alcohol motifs (C(OH)–C–C–N with tert-alkyl or cyclic N) is 1. The van der Waals surface area contributed by atoms with Crippen LogP contribution in [0.2, 0.25) is 0 Å². The average molecular weight is 1050 g/mol. The van der Waals surface area contributed by atoms with Gasteiger partial charge in [-0.2, -0.15) is 0 Å². The number of ether oxygens (including phenoxy) is 2. The second-order valence-electron chi connectivity index (χ2n) is 20.8. The molecule has 390 valence electrons. The first kappa shape index (κ1) is 51.3. The molecule has 3 amide bonds. The van der Waals surface area contributed by atoms with Crippen molar-refractivity contribution in [1.82, 2.24) is 35.3 Å². The lowest BCUT2D eigenvalue weighted by Crippen LogP contribution is -2.57. The normalized spacial score (nSPS) is 19.3. The first-order valence-electron chi connectivity index (χ1n) is 25.2. The van der Waals surface area contributed by atoms with Gasteiger partial charge in [0.2, 0.25) is 11.8 Å². The Bertz CT molecular complexity index is 3350. The van der Waals surface area contributed by atoms with Crippen molar-refractivity contribution in [1.29, 1.82) is 0 Å². The quantitative estimate of drug-likeness (QED) is 0.0930. The number of carbonyl (C=O) groups is 4. The van der Waals surface area contributed by atoms with Crippen LogP contribution in [0.25, 0.3) is 26.4 Å². The molecule has 3 aliphatic heterocycles. The zero-order valence-corrected chi connectivity index (χ0v) is 45.1. The number of aliphatic hydroxyl groups excluding tert-OH is 1. The Morgan fingerprint density at radius 1 is 0.933 bits per heavy atom. The Balaban J connectivity index is 0.783. The van der Waals surface area contributed by atoms with E-state index in [9.17, 15) is 24.3 Å². The number of fused-ring (bicyclic) bond motifs is 4. The molecule has 0 saturated carbocycles. The van der Waals surface area contributed by atoms with E-state index in [0.717, 1.165) is 73.6 Å². The lowest BCUT2D eigenvalue weighted by Gasteiger charge is -2.35. The maximum absolute atomic E-state index is 14.4. The highest BCUT2D eigenvalue weighted by Crippen LogP contribution is 2.40. The Kier molecular flexibility index (Phi) is 14.0. The molecule has 75 heavy (non-hydrogen) atoms. The van der Waals surface area contributed by atoms with Crippen molar-refractivity contribution >= 4 is 68.7 Å². The van der Waals surface area contributed by atoms with Crippen molar-refractivity contribution in [3.63, 3.8) is 0 Å². The predicted octanol–water partition coefficient (Wildman–Crippen LogP) is 8.53. The molecule has 17 nitrogen and oxygen atoms in total. The molecule has 3 aromatic carbocycles. The van der Waals surface area contributed by atoms with Crippen LogP contribution < -0.4 is 20.3 Å². The average Bonchev–Trinajstić information content (AvgIpc) is 4.28. The number of anilines is 1. The van der Waals surface area contributed by atoms with Crippen LogP contribution in [0.4, 0.5) is 5.69 Å². The van der Waals surface area contributed by atoms with E-state index >= 15 is 0 Å². The Morgan fingerprint density at radius 2 is 1.68 bits per heavy atom. The van der Waals surface area contributed by atoms with Gasteiger partial charge >= 0.3 is 5.97 Å². The number of rotatable bonds is 13. The summed E-state index contributed by atoms with van der Waals surface area (Å²) in [6, 6.07) is 20.4. The third-order valence-electron chi connectivity index (χ3n) is 14.5. The summed E-state index contributed by atoms with van der Waals surface area (Å²) in [4.78, 5) is 70.3. The second-order valence-corrected chi connectivity index (χ2v) is 22.9. The summed E-state index contributed by atoms with van der Waals surface area (Å²) in [5.41, 5.74) is 9.30. The molecule has 2 fully saturated rings. The fourth-order valence-corrected chi connectivity index (χ4v) is 12.3. The molecule has 6 atom stereocenters. The van der Waals surface area contributed by atoms with Crippen LogP contribution in [-0.4, -0.2) is 110 Å². The molecule has 4 aromatic heterocycles. The number of aliphatic imine (C=N–C) groups is 1. The van der Waals surface area contributed by atoms with Gasteiger partial charge in [0.05, 0.1) is 54.0 Å². The van der Waals surface area contributed by atoms with Gasteiger partial charge in [-0.1, -0.05) is 57.2 Å². The minimum Gasteiger partial charge on any atom is -0.488 e. The van der Waals surface area contributed by atoms with Gasteiger partial charge in [0.1, 0.15) is 46.4 Å². The second kappa shape index (κ2) is 20.5. The van der Waals surface area contributed by atoms with E-state index in [1.807, 2.05) is 88.0 Å². The van der Waals surface area contributed by atoms with Gasteiger partial charge in [0, 0.05) is 53.0 Å². The van der Waals surface area contributed by atoms with Gasteiger partial charge in [0.25, 0.3) is 5.91 Å². The van der Waals surface area contributed by atoms with Gasteiger partial charge in [0.15, 0.2) is 11.6 Å². The van der Waals surface area contributed by atoms with E-state index < -0.39 is 41.5 Å². The number of hydrogen-bond acceptors (Lipinski definition) is 15. The van der Waals surface area contributed by atoms with Crippen LogP contribution >= 0.6 is 22.7 Å². The van der Waals surface area contributed by atoms with E-state index in [2.05, 4.69) is 68.8 Å². The summed E-state index contributed by atoms with van der Waals surface area (Å²) in [6.07, 6.45) is -0.127. The molecular formula is C56H61N9O8S2. The van der Waals surface area contributed by atoms with Gasteiger partial charge in [-0.3, -0.25) is 28.7 Å². The smallest absolute Gasteiger partial charge is 0.308 e. The maximum Gasteiger partial charge on any atom is 0.308 e. The van der Waals surface area contributed by atoms with Crippen molar-refractivity contribution < 1.29 is 38.2 Å². The molecule has 10 rings (SSSR count). The molecule has 1 unspecified atom stereocenters. The monoisotopic (exact) mass is 1050 g/mol. The number of nitrogens with one attached hydrogen (secondary N) is 2. The van der Waals surface area contributed by atoms with E-state index in [1.165, 1.54) is 16.9 Å². The number of nitrogens with zero attached hydrogens (tertiary/aromatic N) is 7. The number of aryl methyl sites for hydroxylation is 3. The fraction of sp³-hybridized carbons (Fsp3) is 0.393. The van der Waals surface area contributed by atoms with Crippen molar-refractivity contribution in [3.05, 3.63) is 129 Å². The summed E-state index contributed by atoms with van der Waals surface area (Å²) in [7, 11) is 1.38. The number of benzene rings is 3. The molecule has 0 spiro atoms. The number of likely N-dealkylation sites (tertiary alicyclic amines) is 1. The topological polar surface area (TPSA) is 207 Å². The number of carbonyl (C=O) groups excluding carboxylic acids is 4. The molecule has 7 heterocycles. The van der Waals surface area contributed by atoms with Crippen LogP contribution in [0.1, 0.15) is 114 Å². The standard InChI is InChI=1S/C56H61N9O8S2/c1-29-32(4)75-55-47(29)48(59-42(25-46(67)71-9)51-62-61-33(5)65(51)55)35-14-16-38(17-15-35)63-21-20-41(27-63)72-40-18-19-44-37(22-40)23-45(73-44)53(69)60-50(56(6,7)8)54(70)64-26-39(66)24-43(64)52(68)58-30(2)34-10-12-36(13-11-34)49-31(3)57-28-74-49/h10-19,22-23,28,30,39,41-43,50,66H,20-21,24-27H2,1-9H3,(H,58,68)(H,60,69)/t30-,39+,41-,42-,43-,50?/m0/s1. The van der Waals surface area contributed by atoms with Crippen LogP contribution in [0.3, 0.4) is 0 Å². The highest BCUT2D eigenvalue weighted by atomic mass is 32.1. The molecule has 0 bridgehead atoms. The largest absolute Gasteiger partial charge is 0.488 e. The van der Waals surface area contributed by atoms with Crippen molar-refractivity contribution in [3.8, 4) is 21.2 Å². The number of thiazole rings is 1. The number of esters is 1. The lowest BCUT2D eigenvalue weighted by molar-refractivity contribution is -0.142. The highest BCUT2D eigenvalue weighted by Gasteiger charge is 2.45. The number of aromatic nitrogens is 4. The van der Waals surface area contributed by atoms with Gasteiger partial charge in [-0.15, -0.1) is 32.9 Å². The van der Waals surface area contributed by atoms with E-state index in [4.69, 9.17) is 18.9 Å². The SMILES string of the molecule is COC(=O)C[C@@H]1N=C(c2ccc(N3CC[C@H](Oc4ccc5oc(C(=O)NC(C(=O)N6C[C@H](O)C[C@H]6C(=O)N[C@@H](C)c6ccc(-c7scnc7C)cc6)C(C)(C)C)cc5c4)C3)cc2)c2c(sc(C)c2C)-n2c(C)nnc21. The molecule has 3 N–H and O–H groups in total. The van der Waals surface area contributed by atoms with Gasteiger partial charge in [-0.05, 0) is 93.1 Å². The molecule has 2 saturated heterocycles. The van der Waals surface area contributed by atoms with Gasteiger partial charge < -0.3 is 39.4 Å². The van der Waals surface area contributed by atoms with Crippen molar-refractivity contribution in [2.45, 2.75) is 111 Å². The summed E-state index contributed by atoms with van der Waals surface area (Å²) >= 11 is 3.24. The summed E-state index contributed by atoms with van der Waals surface area (Å²) in [5, 5.41) is 27.2. The Morgan fingerprint density at radius 3 is 2.39 bits per heavy atom. The number of aliphatic hydroxyl groups is 1. The maximum atomic E-state index is 14.4. The first-order chi connectivity index (χ1) is 35.8. The van der Waals surface area contributed by atoms with Crippen LogP contribution in [0.15, 0.2) is 87.7 Å². The number of thiophene rings is 1. The molecule has 3 aliphatic rings. The number of furan rings is 1. The van der Waals surface area contributed by atoms with Crippen LogP contribution in [0, 0.1) is 33.1 Å². The van der Waals surface area contributed by atoms with E-state index in [-0.39, 0.29) is 49.2 Å². The minimum atomic E-state index is -1.05. The van der Waals surface area contributed by atoms with Crippen molar-refractivity contribution in [2.24, 2.45) is 10.4 Å². The van der Waals surface area contributed by atoms with E-state index in [1.54, 1.807) is 34.8 Å². The molecule has 0 aliphatic carbocycles. The summed E-state index contributed by atoms with van der Waals surface area (Å²) in [5.74, 6) is 0.167.